The Morgan fingerprint density at radius 1 is 0.763 bits per heavy atom. The molecule has 4 aromatic rings. The summed E-state index contributed by atoms with van der Waals surface area (Å²) in [6, 6.07) is 32.0. The van der Waals surface area contributed by atoms with E-state index in [1.54, 1.807) is 0 Å². The first-order valence-corrected chi connectivity index (χ1v) is 12.9. The Bertz CT molecular complexity index is 1430. The second-order valence-corrected chi connectivity index (χ2v) is 8.82. The normalized spacial score (nSPS) is 13.4. The molecule has 0 unspecified atom stereocenters. The number of carbonyl (C=O) groups excluding carboxylic acids is 1. The number of hydrogen-bond donors (Lipinski definition) is 3. The fourth-order valence-electron chi connectivity index (χ4n) is 4.46. The van der Waals surface area contributed by atoms with Gasteiger partial charge in [0.05, 0.1) is 30.2 Å². The highest BCUT2D eigenvalue weighted by atomic mass is 16.5. The van der Waals surface area contributed by atoms with Crippen LogP contribution in [0.4, 0.5) is 17.1 Å². The third-order valence-corrected chi connectivity index (χ3v) is 6.23. The molecule has 0 fully saturated rings. The van der Waals surface area contributed by atoms with Gasteiger partial charge in [-0.15, -0.1) is 0 Å². The third-order valence-electron chi connectivity index (χ3n) is 6.23. The van der Waals surface area contributed by atoms with Crippen molar-refractivity contribution in [1.29, 1.82) is 0 Å². The minimum absolute atomic E-state index is 0.175. The molecule has 3 N–H and O–H groups in total. The molecule has 0 radical (unpaired) electrons. The molecule has 192 valence electrons. The highest BCUT2D eigenvalue weighted by molar-refractivity contribution is 6.37. The standard InChI is InChI=1S/C32H31N3O3/c1-3-37-28-19-26-27(20-29(28)38-4-2)35-32(36)30(26)31(23-11-7-5-8-12-23)34-25-17-15-22(16-18-25)21-33-24-13-9-6-10-14-24/h5-20,33-34H,3-4,21H2,1-2H3,(H,35,36)/b31-30-. The fourth-order valence-corrected chi connectivity index (χ4v) is 4.46. The molecule has 1 amide bonds. The number of fused-ring (bicyclic) bond motifs is 1. The summed E-state index contributed by atoms with van der Waals surface area (Å²) in [6.07, 6.45) is 0. The molecule has 1 aliphatic rings. The largest absolute Gasteiger partial charge is 0.490 e. The second kappa shape index (κ2) is 11.6. The lowest BCUT2D eigenvalue weighted by atomic mass is 9.99. The van der Waals surface area contributed by atoms with Crippen LogP contribution in [0.25, 0.3) is 11.3 Å². The number of nitrogens with one attached hydrogen (secondary N) is 3. The number of hydrogen-bond acceptors (Lipinski definition) is 5. The Balaban J connectivity index is 1.49. The van der Waals surface area contributed by atoms with Gasteiger partial charge in [-0.1, -0.05) is 60.7 Å². The molecule has 0 aromatic heterocycles. The first kappa shape index (κ1) is 25.0. The van der Waals surface area contributed by atoms with Gasteiger partial charge in [-0.2, -0.15) is 0 Å². The average molecular weight is 506 g/mol. The van der Waals surface area contributed by atoms with E-state index >= 15 is 0 Å². The van der Waals surface area contributed by atoms with E-state index in [1.165, 1.54) is 0 Å². The van der Waals surface area contributed by atoms with Gasteiger partial charge in [0.15, 0.2) is 11.5 Å². The van der Waals surface area contributed by atoms with Crippen LogP contribution in [0.15, 0.2) is 97.1 Å². The Kier molecular flexibility index (Phi) is 7.59. The van der Waals surface area contributed by atoms with Crippen molar-refractivity contribution < 1.29 is 14.3 Å². The number of para-hydroxylation sites is 1. The molecule has 1 heterocycles. The highest BCUT2D eigenvalue weighted by Gasteiger charge is 2.30. The molecule has 6 nitrogen and oxygen atoms in total. The lowest BCUT2D eigenvalue weighted by molar-refractivity contribution is -0.110. The Hall–Kier alpha value is -4.71. The number of benzene rings is 4. The van der Waals surface area contributed by atoms with Gasteiger partial charge in [-0.05, 0) is 55.3 Å². The maximum absolute atomic E-state index is 13.3. The van der Waals surface area contributed by atoms with Gasteiger partial charge >= 0.3 is 0 Å². The van der Waals surface area contributed by atoms with Crippen molar-refractivity contribution in [2.24, 2.45) is 0 Å². The van der Waals surface area contributed by atoms with E-state index in [-0.39, 0.29) is 5.91 Å². The van der Waals surface area contributed by atoms with Crippen molar-refractivity contribution in [2.45, 2.75) is 20.4 Å². The predicted molar refractivity (Wildman–Crippen MR) is 154 cm³/mol. The number of anilines is 3. The molecule has 0 saturated carbocycles. The third kappa shape index (κ3) is 5.49. The quantitative estimate of drug-likeness (QED) is 0.202. The van der Waals surface area contributed by atoms with Crippen LogP contribution >= 0.6 is 0 Å². The predicted octanol–water partition coefficient (Wildman–Crippen LogP) is 7.03. The van der Waals surface area contributed by atoms with Crippen molar-refractivity contribution in [3.8, 4) is 11.5 Å². The number of amides is 1. The molecule has 6 heteroatoms. The SMILES string of the molecule is CCOc1cc2c(cc1OCC)/C(=C(/Nc1ccc(CNc3ccccc3)cc1)c1ccccc1)C(=O)N2. The van der Waals surface area contributed by atoms with Crippen LogP contribution in [-0.4, -0.2) is 19.1 Å². The van der Waals surface area contributed by atoms with E-state index in [4.69, 9.17) is 9.47 Å². The molecule has 0 saturated heterocycles. The summed E-state index contributed by atoms with van der Waals surface area (Å²) in [5.74, 6) is 1.06. The first-order chi connectivity index (χ1) is 18.7. The number of rotatable bonds is 10. The van der Waals surface area contributed by atoms with Crippen molar-refractivity contribution in [2.75, 3.05) is 29.2 Å². The second-order valence-electron chi connectivity index (χ2n) is 8.82. The van der Waals surface area contributed by atoms with Crippen molar-refractivity contribution in [1.82, 2.24) is 0 Å². The molecule has 0 atom stereocenters. The maximum Gasteiger partial charge on any atom is 0.258 e. The van der Waals surface area contributed by atoms with E-state index < -0.39 is 0 Å². The van der Waals surface area contributed by atoms with Gasteiger partial charge < -0.3 is 25.4 Å². The van der Waals surface area contributed by atoms with E-state index in [0.29, 0.717) is 36.0 Å². The summed E-state index contributed by atoms with van der Waals surface area (Å²) in [4.78, 5) is 13.3. The van der Waals surface area contributed by atoms with Crippen LogP contribution in [0, 0.1) is 0 Å². The molecule has 0 bridgehead atoms. The minimum atomic E-state index is -0.175. The van der Waals surface area contributed by atoms with Crippen LogP contribution < -0.4 is 25.4 Å². The van der Waals surface area contributed by atoms with Crippen molar-refractivity contribution in [3.05, 3.63) is 114 Å². The lowest BCUT2D eigenvalue weighted by Crippen LogP contribution is -2.10. The number of ether oxygens (including phenoxy) is 2. The average Bonchev–Trinajstić information content (AvgIpc) is 3.27. The summed E-state index contributed by atoms with van der Waals surface area (Å²) in [7, 11) is 0. The summed E-state index contributed by atoms with van der Waals surface area (Å²) in [5, 5.41) is 9.97. The molecular formula is C32H31N3O3. The Morgan fingerprint density at radius 3 is 2.05 bits per heavy atom. The summed E-state index contributed by atoms with van der Waals surface area (Å²) in [6.45, 7) is 5.57. The van der Waals surface area contributed by atoms with Crippen LogP contribution in [-0.2, 0) is 11.3 Å². The zero-order valence-corrected chi connectivity index (χ0v) is 21.6. The van der Waals surface area contributed by atoms with E-state index in [0.717, 1.165) is 40.3 Å². The zero-order chi connectivity index (χ0) is 26.3. The lowest BCUT2D eigenvalue weighted by Gasteiger charge is -2.16. The highest BCUT2D eigenvalue weighted by Crippen LogP contribution is 2.43. The van der Waals surface area contributed by atoms with E-state index in [9.17, 15) is 4.79 Å². The van der Waals surface area contributed by atoms with Crippen LogP contribution in [0.3, 0.4) is 0 Å². The van der Waals surface area contributed by atoms with Crippen molar-refractivity contribution in [3.63, 3.8) is 0 Å². The van der Waals surface area contributed by atoms with Crippen LogP contribution in [0.2, 0.25) is 0 Å². The summed E-state index contributed by atoms with van der Waals surface area (Å²) in [5.41, 5.74) is 6.79. The van der Waals surface area contributed by atoms with Gasteiger partial charge in [0.1, 0.15) is 0 Å². The zero-order valence-electron chi connectivity index (χ0n) is 21.6. The Morgan fingerprint density at radius 2 is 1.39 bits per heavy atom. The molecule has 0 spiro atoms. The Labute approximate surface area is 223 Å². The van der Waals surface area contributed by atoms with E-state index in [2.05, 4.69) is 28.1 Å². The minimum Gasteiger partial charge on any atom is -0.490 e. The number of carbonyl (C=O) groups is 1. The molecule has 38 heavy (non-hydrogen) atoms. The topological polar surface area (TPSA) is 71.6 Å². The van der Waals surface area contributed by atoms with Gasteiger partial charge in [0, 0.05) is 29.5 Å². The molecule has 5 rings (SSSR count). The molecule has 0 aliphatic carbocycles. The molecule has 1 aliphatic heterocycles. The first-order valence-electron chi connectivity index (χ1n) is 12.9. The van der Waals surface area contributed by atoms with E-state index in [1.807, 2.05) is 98.8 Å². The summed E-state index contributed by atoms with van der Waals surface area (Å²) >= 11 is 0. The van der Waals surface area contributed by atoms with Gasteiger partial charge in [-0.25, -0.2) is 0 Å². The molecule has 4 aromatic carbocycles. The van der Waals surface area contributed by atoms with Crippen LogP contribution in [0.5, 0.6) is 11.5 Å². The van der Waals surface area contributed by atoms with Gasteiger partial charge in [0.25, 0.3) is 5.91 Å². The van der Waals surface area contributed by atoms with Gasteiger partial charge in [-0.3, -0.25) is 4.79 Å². The fraction of sp³-hybridized carbons (Fsp3) is 0.156. The van der Waals surface area contributed by atoms with Crippen molar-refractivity contribution >= 4 is 34.2 Å². The molecular weight excluding hydrogens is 474 g/mol. The van der Waals surface area contributed by atoms with Gasteiger partial charge in [0.2, 0.25) is 0 Å². The summed E-state index contributed by atoms with van der Waals surface area (Å²) < 4.78 is 11.6. The van der Waals surface area contributed by atoms with Crippen LogP contribution in [0.1, 0.15) is 30.5 Å². The monoisotopic (exact) mass is 505 g/mol. The smallest absolute Gasteiger partial charge is 0.258 e. The maximum atomic E-state index is 13.3.